The third kappa shape index (κ3) is 4.92. The molecule has 3 heterocycles. The predicted molar refractivity (Wildman–Crippen MR) is 114 cm³/mol. The fourth-order valence-corrected chi connectivity index (χ4v) is 4.62. The first-order valence-electron chi connectivity index (χ1n) is 9.14. The Bertz CT molecular complexity index is 999. The van der Waals surface area contributed by atoms with Crippen LogP contribution in [-0.4, -0.2) is 59.7 Å². The fraction of sp³-hybridized carbons (Fsp3) is 0.250. The maximum atomic E-state index is 12.6. The van der Waals surface area contributed by atoms with Crippen LogP contribution in [0, 0.1) is 0 Å². The Morgan fingerprint density at radius 3 is 2.60 bits per heavy atom. The minimum atomic E-state index is -0.491. The quantitative estimate of drug-likeness (QED) is 0.619. The van der Waals surface area contributed by atoms with Crippen molar-refractivity contribution in [2.75, 3.05) is 32.8 Å². The van der Waals surface area contributed by atoms with Crippen molar-refractivity contribution in [3.8, 4) is 0 Å². The molecule has 0 atom stereocenters. The molecule has 10 heteroatoms. The number of furan rings is 1. The van der Waals surface area contributed by atoms with Crippen molar-refractivity contribution in [2.24, 2.45) is 0 Å². The molecule has 0 N–H and O–H groups in total. The van der Waals surface area contributed by atoms with E-state index in [0.717, 1.165) is 21.6 Å². The number of benzene rings is 1. The van der Waals surface area contributed by atoms with Crippen LogP contribution in [0.15, 0.2) is 55.7 Å². The lowest BCUT2D eigenvalue weighted by Crippen LogP contribution is -2.46. The molecule has 2 saturated heterocycles. The highest BCUT2D eigenvalue weighted by atomic mass is 35.5. The normalized spacial score (nSPS) is 18.5. The maximum Gasteiger partial charge on any atom is 0.294 e. The van der Waals surface area contributed by atoms with Crippen LogP contribution < -0.4 is 0 Å². The van der Waals surface area contributed by atoms with Crippen molar-refractivity contribution < 1.29 is 23.5 Å². The van der Waals surface area contributed by atoms with Gasteiger partial charge in [0, 0.05) is 29.1 Å². The molecule has 1 aromatic heterocycles. The number of carbonyl (C=O) groups is 3. The smallest absolute Gasteiger partial charge is 0.294 e. The Hall–Kier alpha value is -2.20. The summed E-state index contributed by atoms with van der Waals surface area (Å²) in [6, 6.07) is 10.9. The molecule has 30 heavy (non-hydrogen) atoms. The highest BCUT2D eigenvalue weighted by molar-refractivity contribution is 8.18. The van der Waals surface area contributed by atoms with Crippen LogP contribution in [0.1, 0.15) is 5.76 Å². The van der Waals surface area contributed by atoms with Gasteiger partial charge in [0.1, 0.15) is 12.3 Å². The van der Waals surface area contributed by atoms with Gasteiger partial charge in [-0.3, -0.25) is 19.3 Å². The SMILES string of the molecule is O=C(CN1C(=O)SC(=Cc2ccc(Sc3ccc(Cl)cc3)o2)C1=O)N1CCOCC1. The lowest BCUT2D eigenvalue weighted by atomic mass is 10.3. The van der Waals surface area contributed by atoms with Gasteiger partial charge in [-0.1, -0.05) is 23.4 Å². The number of halogens is 1. The van der Waals surface area contributed by atoms with Gasteiger partial charge in [0.25, 0.3) is 11.1 Å². The Labute approximate surface area is 186 Å². The second-order valence-electron chi connectivity index (χ2n) is 6.47. The lowest BCUT2D eigenvalue weighted by Gasteiger charge is -2.27. The van der Waals surface area contributed by atoms with Crippen LogP contribution in [-0.2, 0) is 14.3 Å². The molecule has 156 valence electrons. The molecule has 7 nitrogen and oxygen atoms in total. The van der Waals surface area contributed by atoms with Gasteiger partial charge < -0.3 is 14.1 Å². The molecule has 2 aliphatic heterocycles. The van der Waals surface area contributed by atoms with Crippen LogP contribution in [0.3, 0.4) is 0 Å². The number of hydrogen-bond acceptors (Lipinski definition) is 7. The number of hydrogen-bond donors (Lipinski definition) is 0. The molecule has 0 aliphatic carbocycles. The van der Waals surface area contributed by atoms with Gasteiger partial charge >= 0.3 is 0 Å². The van der Waals surface area contributed by atoms with E-state index in [4.69, 9.17) is 20.8 Å². The molecule has 2 fully saturated rings. The van der Waals surface area contributed by atoms with Crippen LogP contribution in [0.25, 0.3) is 6.08 Å². The summed E-state index contributed by atoms with van der Waals surface area (Å²) in [4.78, 5) is 41.0. The van der Waals surface area contributed by atoms with E-state index in [-0.39, 0.29) is 17.4 Å². The zero-order valence-corrected chi connectivity index (χ0v) is 18.1. The van der Waals surface area contributed by atoms with Crippen molar-refractivity contribution in [2.45, 2.75) is 9.99 Å². The number of ether oxygens (including phenoxy) is 1. The summed E-state index contributed by atoms with van der Waals surface area (Å²) in [5.41, 5.74) is 0. The third-order valence-electron chi connectivity index (χ3n) is 4.44. The average Bonchev–Trinajstić information content (AvgIpc) is 3.29. The molecular formula is C20H17ClN2O5S2. The lowest BCUT2D eigenvalue weighted by molar-refractivity contribution is -0.139. The van der Waals surface area contributed by atoms with Crippen molar-refractivity contribution in [1.82, 2.24) is 9.80 Å². The topological polar surface area (TPSA) is 80.1 Å². The van der Waals surface area contributed by atoms with Crippen molar-refractivity contribution in [1.29, 1.82) is 0 Å². The Morgan fingerprint density at radius 1 is 1.13 bits per heavy atom. The van der Waals surface area contributed by atoms with E-state index in [1.165, 1.54) is 17.8 Å². The van der Waals surface area contributed by atoms with E-state index >= 15 is 0 Å². The van der Waals surface area contributed by atoms with E-state index < -0.39 is 11.1 Å². The third-order valence-corrected chi connectivity index (χ3v) is 6.53. The zero-order valence-electron chi connectivity index (χ0n) is 15.7. The number of imide groups is 1. The Balaban J connectivity index is 1.41. The van der Waals surface area contributed by atoms with Crippen LogP contribution in [0.4, 0.5) is 4.79 Å². The monoisotopic (exact) mass is 464 g/mol. The summed E-state index contributed by atoms with van der Waals surface area (Å²) in [5, 5.41) is 0.836. The van der Waals surface area contributed by atoms with Crippen molar-refractivity contribution in [3.05, 3.63) is 52.1 Å². The summed E-state index contributed by atoms with van der Waals surface area (Å²) in [6.45, 7) is 1.58. The summed E-state index contributed by atoms with van der Waals surface area (Å²) < 4.78 is 11.0. The second kappa shape index (κ2) is 9.30. The first-order valence-corrected chi connectivity index (χ1v) is 11.1. The number of nitrogens with zero attached hydrogens (tertiary/aromatic N) is 2. The first-order chi connectivity index (χ1) is 14.5. The molecule has 0 radical (unpaired) electrons. The molecule has 0 spiro atoms. The molecule has 0 unspecified atom stereocenters. The molecule has 2 aromatic rings. The Kier molecular flexibility index (Phi) is 6.52. The largest absolute Gasteiger partial charge is 0.450 e. The second-order valence-corrected chi connectivity index (χ2v) is 8.98. The number of thioether (sulfide) groups is 1. The maximum absolute atomic E-state index is 12.6. The standard InChI is InChI=1S/C20H17ClN2O5S2/c21-13-1-4-15(5-2-13)29-18-6-3-14(28-18)11-16-19(25)23(20(26)30-16)12-17(24)22-7-9-27-10-8-22/h1-6,11H,7-10,12H2. The van der Waals surface area contributed by atoms with Gasteiger partial charge in [-0.05, 0) is 48.2 Å². The predicted octanol–water partition coefficient (Wildman–Crippen LogP) is 3.98. The minimum absolute atomic E-state index is 0.229. The summed E-state index contributed by atoms with van der Waals surface area (Å²) >= 11 is 8.11. The van der Waals surface area contributed by atoms with Crippen molar-refractivity contribution in [3.63, 3.8) is 0 Å². The first kappa shape index (κ1) is 21.0. The van der Waals surface area contributed by atoms with Gasteiger partial charge in [-0.15, -0.1) is 0 Å². The number of rotatable bonds is 5. The summed E-state index contributed by atoms with van der Waals surface area (Å²) in [6.07, 6.45) is 1.52. The van der Waals surface area contributed by atoms with Gasteiger partial charge in [-0.2, -0.15) is 0 Å². The number of amides is 3. The molecule has 0 saturated carbocycles. The molecule has 2 aliphatic rings. The number of morpholine rings is 1. The summed E-state index contributed by atoms with van der Waals surface area (Å²) in [7, 11) is 0. The van der Waals surface area contributed by atoms with Gasteiger partial charge in [0.2, 0.25) is 5.91 Å². The molecule has 4 rings (SSSR count). The Morgan fingerprint density at radius 2 is 1.87 bits per heavy atom. The average molecular weight is 465 g/mol. The van der Waals surface area contributed by atoms with Gasteiger partial charge in [0.15, 0.2) is 5.09 Å². The van der Waals surface area contributed by atoms with Gasteiger partial charge in [-0.25, -0.2) is 0 Å². The molecule has 3 amide bonds. The highest BCUT2D eigenvalue weighted by Crippen LogP contribution is 2.34. The van der Waals surface area contributed by atoms with Crippen LogP contribution in [0.2, 0.25) is 5.02 Å². The van der Waals surface area contributed by atoms with Crippen molar-refractivity contribution >= 4 is 58.3 Å². The van der Waals surface area contributed by atoms with Crippen LogP contribution in [0.5, 0.6) is 0 Å². The van der Waals surface area contributed by atoms with Crippen LogP contribution >= 0.6 is 35.1 Å². The van der Waals surface area contributed by atoms with E-state index in [9.17, 15) is 14.4 Å². The van der Waals surface area contributed by atoms with E-state index in [1.54, 1.807) is 29.2 Å². The fourth-order valence-electron chi connectivity index (χ4n) is 2.90. The van der Waals surface area contributed by atoms with Gasteiger partial charge in [0.05, 0.1) is 18.1 Å². The van der Waals surface area contributed by atoms with E-state index in [1.807, 2.05) is 12.1 Å². The minimum Gasteiger partial charge on any atom is -0.450 e. The van der Waals surface area contributed by atoms with E-state index in [0.29, 0.717) is 42.2 Å². The highest BCUT2D eigenvalue weighted by Gasteiger charge is 2.37. The molecular weight excluding hydrogens is 448 g/mol. The molecule has 1 aromatic carbocycles. The summed E-state index contributed by atoms with van der Waals surface area (Å²) in [5.74, 6) is -0.298. The zero-order chi connectivity index (χ0) is 21.1. The van der Waals surface area contributed by atoms with E-state index in [2.05, 4.69) is 0 Å². The number of carbonyl (C=O) groups excluding carboxylic acids is 3. The molecule has 0 bridgehead atoms.